The largest absolute Gasteiger partial charge is 0.477 e. The van der Waals surface area contributed by atoms with Crippen LogP contribution in [0.5, 0.6) is 0 Å². The summed E-state index contributed by atoms with van der Waals surface area (Å²) in [6.07, 6.45) is 1.46. The summed E-state index contributed by atoms with van der Waals surface area (Å²) >= 11 is 0.954. The van der Waals surface area contributed by atoms with Gasteiger partial charge < -0.3 is 14.9 Å². The number of rotatable bonds is 5. The van der Waals surface area contributed by atoms with Crippen molar-refractivity contribution >= 4 is 29.1 Å². The van der Waals surface area contributed by atoms with E-state index in [0.29, 0.717) is 30.9 Å². The quantitative estimate of drug-likeness (QED) is 0.897. The molecule has 0 aliphatic carbocycles. The molecule has 0 aromatic carbocycles. The highest BCUT2D eigenvalue weighted by atomic mass is 32.1. The molecular weight excluding hydrogens is 304 g/mol. The molecule has 0 bridgehead atoms. The summed E-state index contributed by atoms with van der Waals surface area (Å²) in [6.45, 7) is 5.62. The average molecular weight is 324 g/mol. The van der Waals surface area contributed by atoms with Gasteiger partial charge in [0.15, 0.2) is 0 Å². The number of amides is 2. The van der Waals surface area contributed by atoms with Gasteiger partial charge in [0.2, 0.25) is 5.91 Å². The smallest absolute Gasteiger partial charge is 0.345 e. The minimum atomic E-state index is -1.04. The van der Waals surface area contributed by atoms with Gasteiger partial charge in [0, 0.05) is 19.6 Å². The van der Waals surface area contributed by atoms with E-state index in [1.165, 1.54) is 12.1 Å². The molecule has 0 spiro atoms. The summed E-state index contributed by atoms with van der Waals surface area (Å²) in [4.78, 5) is 39.8. The van der Waals surface area contributed by atoms with Crippen LogP contribution < -0.4 is 0 Å². The Morgan fingerprint density at radius 2 is 1.91 bits per heavy atom. The summed E-state index contributed by atoms with van der Waals surface area (Å²) in [5.41, 5.74) is 0. The minimum absolute atomic E-state index is 0.0223. The molecule has 1 atom stereocenters. The van der Waals surface area contributed by atoms with Crippen LogP contribution in [0.1, 0.15) is 46.0 Å². The Morgan fingerprint density at radius 1 is 1.27 bits per heavy atom. The Balaban J connectivity index is 2.17. The average Bonchev–Trinajstić information content (AvgIpc) is 3.17. The van der Waals surface area contributed by atoms with Crippen molar-refractivity contribution in [1.29, 1.82) is 0 Å². The van der Waals surface area contributed by atoms with Crippen LogP contribution in [-0.2, 0) is 4.79 Å². The van der Waals surface area contributed by atoms with Crippen molar-refractivity contribution in [3.05, 3.63) is 21.9 Å². The zero-order chi connectivity index (χ0) is 16.3. The van der Waals surface area contributed by atoms with Gasteiger partial charge in [-0.05, 0) is 38.8 Å². The van der Waals surface area contributed by atoms with Crippen LogP contribution in [0.2, 0.25) is 0 Å². The molecule has 2 rings (SSSR count). The molecule has 1 fully saturated rings. The molecule has 120 valence electrons. The van der Waals surface area contributed by atoms with E-state index in [0.717, 1.165) is 17.8 Å². The Kier molecular flexibility index (Phi) is 5.18. The number of likely N-dealkylation sites (N-methyl/N-ethyl adjacent to an activating group) is 1. The molecule has 6 nitrogen and oxygen atoms in total. The third-order valence-electron chi connectivity index (χ3n) is 3.90. The van der Waals surface area contributed by atoms with Crippen molar-refractivity contribution in [2.45, 2.75) is 32.7 Å². The molecule has 1 saturated heterocycles. The lowest BCUT2D eigenvalue weighted by molar-refractivity contribution is -0.134. The second kappa shape index (κ2) is 6.91. The predicted molar refractivity (Wildman–Crippen MR) is 83.3 cm³/mol. The van der Waals surface area contributed by atoms with Crippen molar-refractivity contribution in [2.75, 3.05) is 19.6 Å². The topological polar surface area (TPSA) is 77.9 Å². The van der Waals surface area contributed by atoms with Crippen molar-refractivity contribution < 1.29 is 19.5 Å². The Bertz CT molecular complexity index is 580. The second-order valence-corrected chi connectivity index (χ2v) is 6.22. The van der Waals surface area contributed by atoms with Crippen molar-refractivity contribution in [2.24, 2.45) is 0 Å². The third-order valence-corrected chi connectivity index (χ3v) is 4.96. The Labute approximate surface area is 133 Å². The number of carbonyl (C=O) groups is 3. The molecule has 1 unspecified atom stereocenters. The zero-order valence-corrected chi connectivity index (χ0v) is 13.6. The van der Waals surface area contributed by atoms with Gasteiger partial charge in [-0.25, -0.2) is 4.79 Å². The van der Waals surface area contributed by atoms with Crippen LogP contribution in [0.25, 0.3) is 0 Å². The van der Waals surface area contributed by atoms with E-state index in [1.54, 1.807) is 9.80 Å². The number of hydrogen-bond acceptors (Lipinski definition) is 4. The maximum Gasteiger partial charge on any atom is 0.345 e. The van der Waals surface area contributed by atoms with Gasteiger partial charge in [-0.1, -0.05) is 0 Å². The fourth-order valence-corrected chi connectivity index (χ4v) is 3.52. The Morgan fingerprint density at radius 3 is 2.45 bits per heavy atom. The lowest BCUT2D eigenvalue weighted by Crippen LogP contribution is -2.47. The van der Waals surface area contributed by atoms with Crippen molar-refractivity contribution in [3.63, 3.8) is 0 Å². The SMILES string of the molecule is CCN(CC)C(=O)C1CCCN1C(=O)c1ccc(C(=O)O)s1. The van der Waals surface area contributed by atoms with Crippen molar-refractivity contribution in [3.8, 4) is 0 Å². The molecule has 0 radical (unpaired) electrons. The highest BCUT2D eigenvalue weighted by Gasteiger charge is 2.36. The van der Waals surface area contributed by atoms with Gasteiger partial charge >= 0.3 is 5.97 Å². The molecule has 1 N–H and O–H groups in total. The molecule has 1 aliphatic rings. The molecule has 2 heterocycles. The number of hydrogen-bond donors (Lipinski definition) is 1. The molecule has 22 heavy (non-hydrogen) atoms. The summed E-state index contributed by atoms with van der Waals surface area (Å²) in [5, 5.41) is 8.95. The maximum absolute atomic E-state index is 12.6. The number of nitrogens with zero attached hydrogens (tertiary/aromatic N) is 2. The second-order valence-electron chi connectivity index (χ2n) is 5.14. The van der Waals surface area contributed by atoms with E-state index in [2.05, 4.69) is 0 Å². The molecule has 0 saturated carbocycles. The Hall–Kier alpha value is -1.89. The van der Waals surface area contributed by atoms with Gasteiger partial charge in [0.1, 0.15) is 10.9 Å². The van der Waals surface area contributed by atoms with Crippen LogP contribution in [0.15, 0.2) is 12.1 Å². The summed E-state index contributed by atoms with van der Waals surface area (Å²) in [6, 6.07) is 2.52. The van der Waals surface area contributed by atoms with E-state index < -0.39 is 12.0 Å². The standard InChI is InChI=1S/C15H20N2O4S/c1-3-16(4-2)13(18)10-6-5-9-17(10)14(19)11-7-8-12(22-11)15(20)21/h7-8,10H,3-6,9H2,1-2H3,(H,20,21). The maximum atomic E-state index is 12.6. The van der Waals surface area contributed by atoms with Gasteiger partial charge in [-0.15, -0.1) is 11.3 Å². The molecular formula is C15H20N2O4S. The fourth-order valence-electron chi connectivity index (χ4n) is 2.72. The van der Waals surface area contributed by atoms with Crippen LogP contribution in [0.3, 0.4) is 0 Å². The predicted octanol–water partition coefficient (Wildman–Crippen LogP) is 1.92. The molecule has 1 aromatic rings. The van der Waals surface area contributed by atoms with E-state index in [1.807, 2.05) is 13.8 Å². The molecule has 1 aromatic heterocycles. The number of aromatic carboxylic acids is 1. The minimum Gasteiger partial charge on any atom is -0.477 e. The number of thiophene rings is 1. The van der Waals surface area contributed by atoms with Crippen LogP contribution >= 0.6 is 11.3 Å². The van der Waals surface area contributed by atoms with Gasteiger partial charge in [0.05, 0.1) is 4.88 Å². The van der Waals surface area contributed by atoms with Gasteiger partial charge in [-0.2, -0.15) is 0 Å². The normalized spacial score (nSPS) is 17.5. The number of likely N-dealkylation sites (tertiary alicyclic amines) is 1. The summed E-state index contributed by atoms with van der Waals surface area (Å²) in [5.74, 6) is -1.31. The van der Waals surface area contributed by atoms with E-state index in [4.69, 9.17) is 5.11 Å². The number of carbonyl (C=O) groups excluding carboxylic acids is 2. The lowest BCUT2D eigenvalue weighted by Gasteiger charge is -2.28. The van der Waals surface area contributed by atoms with Crippen LogP contribution in [-0.4, -0.2) is 58.4 Å². The highest BCUT2D eigenvalue weighted by Crippen LogP contribution is 2.25. The fraction of sp³-hybridized carbons (Fsp3) is 0.533. The third kappa shape index (κ3) is 3.14. The first-order chi connectivity index (χ1) is 10.5. The first kappa shape index (κ1) is 16.5. The zero-order valence-electron chi connectivity index (χ0n) is 12.7. The lowest BCUT2D eigenvalue weighted by atomic mass is 10.2. The van der Waals surface area contributed by atoms with E-state index >= 15 is 0 Å². The van der Waals surface area contributed by atoms with Crippen LogP contribution in [0.4, 0.5) is 0 Å². The first-order valence-electron chi connectivity index (χ1n) is 7.42. The number of carboxylic acids is 1. The molecule has 2 amide bonds. The van der Waals surface area contributed by atoms with Crippen LogP contribution in [0, 0.1) is 0 Å². The number of carboxylic acid groups (broad SMARTS) is 1. The molecule has 7 heteroatoms. The monoisotopic (exact) mass is 324 g/mol. The highest BCUT2D eigenvalue weighted by molar-refractivity contribution is 7.15. The molecule has 1 aliphatic heterocycles. The van der Waals surface area contributed by atoms with Gasteiger partial charge in [0.25, 0.3) is 5.91 Å². The summed E-state index contributed by atoms with van der Waals surface area (Å²) in [7, 11) is 0. The first-order valence-corrected chi connectivity index (χ1v) is 8.24. The summed E-state index contributed by atoms with van der Waals surface area (Å²) < 4.78 is 0. The van der Waals surface area contributed by atoms with E-state index in [9.17, 15) is 14.4 Å². The van der Waals surface area contributed by atoms with Gasteiger partial charge in [-0.3, -0.25) is 9.59 Å². The van der Waals surface area contributed by atoms with E-state index in [-0.39, 0.29) is 16.7 Å². The van der Waals surface area contributed by atoms with Crippen molar-refractivity contribution in [1.82, 2.24) is 9.80 Å².